The summed E-state index contributed by atoms with van der Waals surface area (Å²) in [7, 11) is 0. The second kappa shape index (κ2) is 6.30. The second-order valence-corrected chi connectivity index (χ2v) is 4.82. The molecule has 0 aliphatic carbocycles. The molecular weight excluding hydrogens is 277 g/mol. The number of aromatic nitrogens is 1. The molecular formula is C10H15BrClN3. The van der Waals surface area contributed by atoms with Gasteiger partial charge in [0.15, 0.2) is 0 Å². The minimum atomic E-state index is 0.258. The molecule has 3 nitrogen and oxygen atoms in total. The fourth-order valence-corrected chi connectivity index (χ4v) is 1.95. The van der Waals surface area contributed by atoms with Crippen LogP contribution in [0.2, 0.25) is 5.02 Å². The monoisotopic (exact) mass is 291 g/mol. The van der Waals surface area contributed by atoms with E-state index in [9.17, 15) is 0 Å². The van der Waals surface area contributed by atoms with E-state index in [1.807, 2.05) is 13.0 Å². The molecule has 0 spiro atoms. The molecule has 1 rings (SSSR count). The zero-order chi connectivity index (χ0) is 11.3. The highest BCUT2D eigenvalue weighted by Crippen LogP contribution is 2.22. The Morgan fingerprint density at radius 3 is 3.00 bits per heavy atom. The average Bonchev–Trinajstić information content (AvgIpc) is 2.14. The zero-order valence-corrected chi connectivity index (χ0v) is 11.0. The van der Waals surface area contributed by atoms with Crippen molar-refractivity contribution in [1.29, 1.82) is 0 Å². The molecule has 0 radical (unpaired) electrons. The number of nitrogens with zero attached hydrogens (tertiary/aromatic N) is 1. The van der Waals surface area contributed by atoms with Crippen LogP contribution in [-0.2, 0) is 0 Å². The molecule has 0 saturated heterocycles. The third kappa shape index (κ3) is 4.82. The molecule has 0 aliphatic heterocycles. The number of halogens is 2. The van der Waals surface area contributed by atoms with Gasteiger partial charge in [-0.15, -0.1) is 0 Å². The molecule has 15 heavy (non-hydrogen) atoms. The topological polar surface area (TPSA) is 50.9 Å². The molecule has 0 aliphatic rings. The van der Waals surface area contributed by atoms with E-state index in [0.29, 0.717) is 5.02 Å². The first-order chi connectivity index (χ1) is 7.09. The van der Waals surface area contributed by atoms with Gasteiger partial charge in [0.05, 0.1) is 9.50 Å². The maximum atomic E-state index is 5.78. The lowest BCUT2D eigenvalue weighted by Gasteiger charge is -2.08. The van der Waals surface area contributed by atoms with Crippen molar-refractivity contribution < 1.29 is 0 Å². The molecule has 5 heteroatoms. The van der Waals surface area contributed by atoms with Crippen LogP contribution in [0.4, 0.5) is 5.82 Å². The van der Waals surface area contributed by atoms with Gasteiger partial charge in [-0.2, -0.15) is 0 Å². The summed E-state index contributed by atoms with van der Waals surface area (Å²) in [6.45, 7) is 2.88. The molecule has 0 bridgehead atoms. The number of hydrogen-bond acceptors (Lipinski definition) is 3. The van der Waals surface area contributed by atoms with Crippen molar-refractivity contribution in [2.75, 3.05) is 11.9 Å². The first-order valence-corrected chi connectivity index (χ1v) is 6.07. The van der Waals surface area contributed by atoms with Gasteiger partial charge in [-0.05, 0) is 41.8 Å². The Bertz CT molecular complexity index is 318. The smallest absolute Gasteiger partial charge is 0.140 e. The Balaban J connectivity index is 2.37. The lowest BCUT2D eigenvalue weighted by atomic mass is 10.2. The van der Waals surface area contributed by atoms with Gasteiger partial charge in [-0.3, -0.25) is 0 Å². The lowest BCUT2D eigenvalue weighted by Crippen LogP contribution is -2.16. The van der Waals surface area contributed by atoms with E-state index in [2.05, 4.69) is 26.2 Å². The second-order valence-electron chi connectivity index (χ2n) is 3.53. The van der Waals surface area contributed by atoms with Crippen LogP contribution in [0, 0.1) is 0 Å². The van der Waals surface area contributed by atoms with E-state index in [0.717, 1.165) is 29.7 Å². The summed E-state index contributed by atoms with van der Waals surface area (Å²) in [6.07, 6.45) is 3.67. The van der Waals surface area contributed by atoms with Crippen LogP contribution in [0.1, 0.15) is 19.8 Å². The average molecular weight is 293 g/mol. The third-order valence-corrected chi connectivity index (χ3v) is 2.75. The van der Waals surface area contributed by atoms with Crippen molar-refractivity contribution in [1.82, 2.24) is 4.98 Å². The Morgan fingerprint density at radius 2 is 2.40 bits per heavy atom. The number of rotatable bonds is 5. The zero-order valence-electron chi connectivity index (χ0n) is 8.63. The largest absolute Gasteiger partial charge is 0.369 e. The van der Waals surface area contributed by atoms with E-state index in [1.165, 1.54) is 0 Å². The van der Waals surface area contributed by atoms with Crippen LogP contribution in [0.3, 0.4) is 0 Å². The number of nitrogens with one attached hydrogen (secondary N) is 1. The van der Waals surface area contributed by atoms with Crippen LogP contribution in [-0.4, -0.2) is 17.6 Å². The molecule has 1 unspecified atom stereocenters. The molecule has 3 N–H and O–H groups in total. The maximum absolute atomic E-state index is 5.78. The molecule has 0 fully saturated rings. The van der Waals surface area contributed by atoms with Gasteiger partial charge in [-0.25, -0.2) is 4.98 Å². The predicted molar refractivity (Wildman–Crippen MR) is 68.3 cm³/mol. The lowest BCUT2D eigenvalue weighted by molar-refractivity contribution is 0.639. The SMILES string of the molecule is CC(N)CCCNc1ncc(Cl)cc1Br. The van der Waals surface area contributed by atoms with Gasteiger partial charge in [0.25, 0.3) is 0 Å². The number of anilines is 1. The Kier molecular flexibility index (Phi) is 5.36. The summed E-state index contributed by atoms with van der Waals surface area (Å²) in [6, 6.07) is 2.08. The normalized spacial score (nSPS) is 12.5. The van der Waals surface area contributed by atoms with Gasteiger partial charge in [0.1, 0.15) is 5.82 Å². The van der Waals surface area contributed by atoms with Crippen molar-refractivity contribution in [2.24, 2.45) is 5.73 Å². The van der Waals surface area contributed by atoms with Gasteiger partial charge < -0.3 is 11.1 Å². The molecule has 1 aromatic rings. The molecule has 1 aromatic heterocycles. The molecule has 0 aromatic carbocycles. The summed E-state index contributed by atoms with van der Waals surface area (Å²) in [4.78, 5) is 4.17. The quantitative estimate of drug-likeness (QED) is 0.820. The highest BCUT2D eigenvalue weighted by Gasteiger charge is 2.01. The Labute approximate surface area is 104 Å². The van der Waals surface area contributed by atoms with E-state index in [-0.39, 0.29) is 6.04 Å². The maximum Gasteiger partial charge on any atom is 0.140 e. The van der Waals surface area contributed by atoms with E-state index in [4.69, 9.17) is 17.3 Å². The van der Waals surface area contributed by atoms with Gasteiger partial charge in [0, 0.05) is 18.8 Å². The standard InChI is InChI=1S/C10H15BrClN3/c1-7(13)3-2-4-14-10-9(11)5-8(12)6-15-10/h5-7H,2-4,13H2,1H3,(H,14,15). The summed E-state index contributed by atoms with van der Waals surface area (Å²) < 4.78 is 0.885. The summed E-state index contributed by atoms with van der Waals surface area (Å²) in [5, 5.41) is 3.85. The van der Waals surface area contributed by atoms with Crippen LogP contribution in [0.5, 0.6) is 0 Å². The molecule has 0 amide bonds. The minimum Gasteiger partial charge on any atom is -0.369 e. The van der Waals surface area contributed by atoms with Crippen LogP contribution < -0.4 is 11.1 Å². The molecule has 84 valence electrons. The van der Waals surface area contributed by atoms with Crippen LogP contribution in [0.25, 0.3) is 0 Å². The number of pyridine rings is 1. The van der Waals surface area contributed by atoms with E-state index in [1.54, 1.807) is 6.20 Å². The van der Waals surface area contributed by atoms with E-state index >= 15 is 0 Å². The Morgan fingerprint density at radius 1 is 1.67 bits per heavy atom. The van der Waals surface area contributed by atoms with Crippen molar-refractivity contribution in [3.63, 3.8) is 0 Å². The summed E-state index contributed by atoms with van der Waals surface area (Å²) >= 11 is 9.18. The fourth-order valence-electron chi connectivity index (χ4n) is 1.18. The summed E-state index contributed by atoms with van der Waals surface area (Å²) in [5.74, 6) is 0.823. The molecule has 1 atom stereocenters. The first-order valence-electron chi connectivity index (χ1n) is 4.90. The molecule has 1 heterocycles. The summed E-state index contributed by atoms with van der Waals surface area (Å²) in [5.41, 5.74) is 5.65. The minimum absolute atomic E-state index is 0.258. The van der Waals surface area contributed by atoms with Crippen molar-refractivity contribution >= 4 is 33.3 Å². The van der Waals surface area contributed by atoms with E-state index < -0.39 is 0 Å². The van der Waals surface area contributed by atoms with Gasteiger partial charge in [-0.1, -0.05) is 11.6 Å². The van der Waals surface area contributed by atoms with Crippen molar-refractivity contribution in [2.45, 2.75) is 25.8 Å². The van der Waals surface area contributed by atoms with Crippen molar-refractivity contribution in [3.05, 3.63) is 21.8 Å². The third-order valence-electron chi connectivity index (χ3n) is 1.94. The highest BCUT2D eigenvalue weighted by molar-refractivity contribution is 9.10. The number of hydrogen-bond donors (Lipinski definition) is 2. The van der Waals surface area contributed by atoms with Crippen LogP contribution in [0.15, 0.2) is 16.7 Å². The van der Waals surface area contributed by atoms with Gasteiger partial charge in [0.2, 0.25) is 0 Å². The highest BCUT2D eigenvalue weighted by atomic mass is 79.9. The molecule has 0 saturated carbocycles. The predicted octanol–water partition coefficient (Wildman–Crippen LogP) is 3.04. The first kappa shape index (κ1) is 12.7. The Hall–Kier alpha value is -0.320. The van der Waals surface area contributed by atoms with Gasteiger partial charge >= 0.3 is 0 Å². The van der Waals surface area contributed by atoms with Crippen molar-refractivity contribution in [3.8, 4) is 0 Å². The van der Waals surface area contributed by atoms with Crippen LogP contribution >= 0.6 is 27.5 Å². The fraction of sp³-hybridized carbons (Fsp3) is 0.500. The number of nitrogens with two attached hydrogens (primary N) is 1.